The Bertz CT molecular complexity index is 296. The number of carboxylic acid groups (broad SMARTS) is 1. The molecule has 1 amide bonds. The van der Waals surface area contributed by atoms with Gasteiger partial charge < -0.3 is 10.8 Å². The van der Waals surface area contributed by atoms with Gasteiger partial charge in [-0.1, -0.05) is 0 Å². The average molecular weight is 236 g/mol. The SMILES string of the molecule is NCCC(=O)C1CC(F)(F)CCN1C(=O)O. The van der Waals surface area contributed by atoms with Crippen molar-refractivity contribution in [2.24, 2.45) is 5.73 Å². The fraction of sp³-hybridized carbons (Fsp3) is 0.778. The first kappa shape index (κ1) is 12.8. The molecule has 0 aromatic carbocycles. The molecule has 0 aromatic heterocycles. The van der Waals surface area contributed by atoms with E-state index < -0.39 is 36.7 Å². The highest BCUT2D eigenvalue weighted by Gasteiger charge is 2.44. The van der Waals surface area contributed by atoms with E-state index in [1.54, 1.807) is 0 Å². The van der Waals surface area contributed by atoms with Crippen LogP contribution in [0, 0.1) is 0 Å². The molecular formula is C9H14F2N2O3. The zero-order valence-corrected chi connectivity index (χ0v) is 8.66. The van der Waals surface area contributed by atoms with Gasteiger partial charge in [0.2, 0.25) is 0 Å². The lowest BCUT2D eigenvalue weighted by molar-refractivity contribution is -0.133. The first-order valence-electron chi connectivity index (χ1n) is 4.97. The number of nitrogens with two attached hydrogens (primary N) is 1. The van der Waals surface area contributed by atoms with Crippen LogP contribution in [0.5, 0.6) is 0 Å². The zero-order valence-electron chi connectivity index (χ0n) is 8.66. The van der Waals surface area contributed by atoms with Crippen LogP contribution in [0.1, 0.15) is 19.3 Å². The second-order valence-electron chi connectivity index (χ2n) is 3.81. The van der Waals surface area contributed by atoms with Crippen molar-refractivity contribution in [2.45, 2.75) is 31.2 Å². The third-order valence-corrected chi connectivity index (χ3v) is 2.59. The summed E-state index contributed by atoms with van der Waals surface area (Å²) >= 11 is 0. The van der Waals surface area contributed by atoms with Crippen LogP contribution in [0.25, 0.3) is 0 Å². The van der Waals surface area contributed by atoms with Crippen molar-refractivity contribution < 1.29 is 23.5 Å². The molecule has 1 heterocycles. The number of alkyl halides is 2. The second-order valence-corrected chi connectivity index (χ2v) is 3.81. The van der Waals surface area contributed by atoms with Gasteiger partial charge in [0.15, 0.2) is 5.78 Å². The molecule has 0 spiro atoms. The van der Waals surface area contributed by atoms with Crippen molar-refractivity contribution in [3.63, 3.8) is 0 Å². The highest BCUT2D eigenvalue weighted by molar-refractivity contribution is 5.87. The molecule has 1 aliphatic heterocycles. The van der Waals surface area contributed by atoms with Gasteiger partial charge in [-0.2, -0.15) is 0 Å². The minimum atomic E-state index is -2.97. The van der Waals surface area contributed by atoms with Crippen LogP contribution < -0.4 is 5.73 Å². The maximum atomic E-state index is 13.1. The summed E-state index contributed by atoms with van der Waals surface area (Å²) in [5.74, 6) is -3.51. The molecular weight excluding hydrogens is 222 g/mol. The number of piperidine rings is 1. The summed E-state index contributed by atoms with van der Waals surface area (Å²) in [5, 5.41) is 8.79. The summed E-state index contributed by atoms with van der Waals surface area (Å²) in [6.45, 7) is -0.280. The molecule has 1 saturated heterocycles. The van der Waals surface area contributed by atoms with Gasteiger partial charge in [-0.3, -0.25) is 9.69 Å². The van der Waals surface area contributed by atoms with Crippen LogP contribution in [-0.4, -0.2) is 46.9 Å². The van der Waals surface area contributed by atoms with E-state index in [4.69, 9.17) is 10.8 Å². The Morgan fingerprint density at radius 2 is 2.12 bits per heavy atom. The smallest absolute Gasteiger partial charge is 0.407 e. The van der Waals surface area contributed by atoms with Gasteiger partial charge in [0.1, 0.15) is 0 Å². The fourth-order valence-corrected chi connectivity index (χ4v) is 1.76. The Balaban J connectivity index is 2.79. The fourth-order valence-electron chi connectivity index (χ4n) is 1.76. The van der Waals surface area contributed by atoms with Gasteiger partial charge >= 0.3 is 6.09 Å². The van der Waals surface area contributed by atoms with E-state index >= 15 is 0 Å². The van der Waals surface area contributed by atoms with E-state index in [9.17, 15) is 18.4 Å². The second kappa shape index (κ2) is 4.73. The van der Waals surface area contributed by atoms with Gasteiger partial charge in [0, 0.05) is 25.8 Å². The molecule has 1 atom stereocenters. The van der Waals surface area contributed by atoms with Crippen molar-refractivity contribution in [3.8, 4) is 0 Å². The van der Waals surface area contributed by atoms with Crippen LogP contribution in [-0.2, 0) is 4.79 Å². The number of rotatable bonds is 3. The number of amides is 1. The van der Waals surface area contributed by atoms with E-state index in [-0.39, 0.29) is 19.5 Å². The van der Waals surface area contributed by atoms with Crippen LogP contribution in [0.2, 0.25) is 0 Å². The Hall–Kier alpha value is -1.24. The van der Waals surface area contributed by atoms with Crippen LogP contribution in [0.4, 0.5) is 13.6 Å². The van der Waals surface area contributed by atoms with Gasteiger partial charge in [0.05, 0.1) is 6.04 Å². The summed E-state index contributed by atoms with van der Waals surface area (Å²) in [7, 11) is 0. The highest BCUT2D eigenvalue weighted by atomic mass is 19.3. The molecule has 1 unspecified atom stereocenters. The molecule has 16 heavy (non-hydrogen) atoms. The molecule has 1 aliphatic rings. The summed E-state index contributed by atoms with van der Waals surface area (Å²) in [5.41, 5.74) is 5.15. The molecule has 7 heteroatoms. The summed E-state index contributed by atoms with van der Waals surface area (Å²) in [4.78, 5) is 23.0. The predicted octanol–water partition coefficient (Wildman–Crippen LogP) is 0.682. The number of nitrogens with zero attached hydrogens (tertiary/aromatic N) is 1. The summed E-state index contributed by atoms with van der Waals surface area (Å²) in [6, 6.07) is -1.26. The van der Waals surface area contributed by atoms with Crippen molar-refractivity contribution in [1.82, 2.24) is 4.90 Å². The molecule has 1 rings (SSSR count). The Morgan fingerprint density at radius 1 is 1.50 bits per heavy atom. The number of ketones is 1. The first-order chi connectivity index (χ1) is 7.37. The van der Waals surface area contributed by atoms with E-state index in [0.717, 1.165) is 4.90 Å². The molecule has 0 saturated carbocycles. The minimum absolute atomic E-state index is 0.0361. The van der Waals surface area contributed by atoms with Crippen molar-refractivity contribution in [3.05, 3.63) is 0 Å². The van der Waals surface area contributed by atoms with Crippen molar-refractivity contribution >= 4 is 11.9 Å². The normalized spacial score (nSPS) is 24.2. The number of halogens is 2. The van der Waals surface area contributed by atoms with Crippen LogP contribution >= 0.6 is 0 Å². The average Bonchev–Trinajstić information content (AvgIpc) is 2.16. The molecule has 0 bridgehead atoms. The maximum absolute atomic E-state index is 13.1. The molecule has 3 N–H and O–H groups in total. The Morgan fingerprint density at radius 3 is 2.62 bits per heavy atom. The zero-order chi connectivity index (χ0) is 12.3. The van der Waals surface area contributed by atoms with Crippen molar-refractivity contribution in [1.29, 1.82) is 0 Å². The van der Waals surface area contributed by atoms with Gasteiger partial charge in [0.25, 0.3) is 5.92 Å². The number of carbonyl (C=O) groups excluding carboxylic acids is 1. The number of hydrogen-bond acceptors (Lipinski definition) is 3. The number of carbonyl (C=O) groups is 2. The number of hydrogen-bond donors (Lipinski definition) is 2. The lowest BCUT2D eigenvalue weighted by Gasteiger charge is -2.36. The topological polar surface area (TPSA) is 83.6 Å². The van der Waals surface area contributed by atoms with E-state index in [1.807, 2.05) is 0 Å². The molecule has 5 nitrogen and oxygen atoms in total. The van der Waals surface area contributed by atoms with Gasteiger partial charge in [-0.15, -0.1) is 0 Å². The van der Waals surface area contributed by atoms with Gasteiger partial charge in [-0.25, -0.2) is 13.6 Å². The Labute approximate surface area is 91.2 Å². The third-order valence-electron chi connectivity index (χ3n) is 2.59. The maximum Gasteiger partial charge on any atom is 0.407 e. The lowest BCUT2D eigenvalue weighted by atomic mass is 9.94. The Kier molecular flexibility index (Phi) is 3.79. The van der Waals surface area contributed by atoms with Crippen molar-refractivity contribution in [2.75, 3.05) is 13.1 Å². The van der Waals surface area contributed by atoms with E-state index in [2.05, 4.69) is 0 Å². The molecule has 92 valence electrons. The predicted molar refractivity (Wildman–Crippen MR) is 51.4 cm³/mol. The summed E-state index contributed by atoms with van der Waals surface area (Å²) < 4.78 is 26.2. The van der Waals surface area contributed by atoms with Crippen LogP contribution in [0.3, 0.4) is 0 Å². The molecule has 0 aliphatic carbocycles. The largest absolute Gasteiger partial charge is 0.465 e. The monoisotopic (exact) mass is 236 g/mol. The molecule has 0 aromatic rings. The number of Topliss-reactive ketones (excluding diaryl/α,β-unsaturated/α-hetero) is 1. The highest BCUT2D eigenvalue weighted by Crippen LogP contribution is 2.32. The minimum Gasteiger partial charge on any atom is -0.465 e. The summed E-state index contributed by atoms with van der Waals surface area (Å²) in [6.07, 6.45) is -2.69. The van der Waals surface area contributed by atoms with E-state index in [1.165, 1.54) is 0 Å². The molecule has 0 radical (unpaired) electrons. The lowest BCUT2D eigenvalue weighted by Crippen LogP contribution is -2.53. The van der Waals surface area contributed by atoms with Gasteiger partial charge in [-0.05, 0) is 6.54 Å². The number of likely N-dealkylation sites (tertiary alicyclic amines) is 1. The first-order valence-corrected chi connectivity index (χ1v) is 4.97. The third kappa shape index (κ3) is 2.88. The van der Waals surface area contributed by atoms with Crippen LogP contribution in [0.15, 0.2) is 0 Å². The van der Waals surface area contributed by atoms with E-state index in [0.29, 0.717) is 0 Å². The molecule has 1 fully saturated rings. The standard InChI is InChI=1S/C9H14F2N2O3/c10-9(11)2-4-13(8(15)16)6(5-9)7(14)1-3-12/h6H,1-5,12H2,(H,15,16). The quantitative estimate of drug-likeness (QED) is 0.754.